The van der Waals surface area contributed by atoms with Gasteiger partial charge < -0.3 is 10.5 Å². The third-order valence-electron chi connectivity index (χ3n) is 2.81. The Kier molecular flexibility index (Phi) is 4.66. The summed E-state index contributed by atoms with van der Waals surface area (Å²) in [6, 6.07) is 11.7. The number of esters is 1. The van der Waals surface area contributed by atoms with E-state index in [9.17, 15) is 14.0 Å². The van der Waals surface area contributed by atoms with Gasteiger partial charge in [0.15, 0.2) is 5.78 Å². The van der Waals surface area contributed by atoms with Crippen molar-refractivity contribution < 1.29 is 18.7 Å². The molecule has 4 nitrogen and oxygen atoms in total. The number of ether oxygens (including phenoxy) is 1. The van der Waals surface area contributed by atoms with E-state index in [1.54, 1.807) is 18.2 Å². The molecule has 0 atom stereocenters. The number of rotatable bonds is 5. The summed E-state index contributed by atoms with van der Waals surface area (Å²) in [5.41, 5.74) is 6.43. The number of carbonyl (C=O) groups is 2. The molecular weight excluding hydrogens is 273 g/mol. The van der Waals surface area contributed by atoms with Crippen LogP contribution in [0.2, 0.25) is 0 Å². The van der Waals surface area contributed by atoms with Crippen molar-refractivity contribution >= 4 is 17.4 Å². The van der Waals surface area contributed by atoms with Crippen molar-refractivity contribution in [3.05, 3.63) is 59.9 Å². The van der Waals surface area contributed by atoms with Gasteiger partial charge in [0.2, 0.25) is 0 Å². The summed E-state index contributed by atoms with van der Waals surface area (Å²) < 4.78 is 17.8. The van der Waals surface area contributed by atoms with E-state index in [1.807, 2.05) is 0 Å². The monoisotopic (exact) mass is 287 g/mol. The van der Waals surface area contributed by atoms with Crippen LogP contribution in [0.5, 0.6) is 5.75 Å². The molecule has 0 fully saturated rings. The van der Waals surface area contributed by atoms with Gasteiger partial charge in [-0.1, -0.05) is 6.07 Å². The highest BCUT2D eigenvalue weighted by atomic mass is 19.1. The van der Waals surface area contributed by atoms with Crippen molar-refractivity contribution in [1.29, 1.82) is 0 Å². The van der Waals surface area contributed by atoms with Gasteiger partial charge in [0.25, 0.3) is 0 Å². The first-order valence-electron chi connectivity index (χ1n) is 6.39. The van der Waals surface area contributed by atoms with Crippen LogP contribution in [-0.4, -0.2) is 11.8 Å². The van der Waals surface area contributed by atoms with Crippen LogP contribution < -0.4 is 10.5 Å². The first-order chi connectivity index (χ1) is 10.0. The highest BCUT2D eigenvalue weighted by molar-refractivity contribution is 5.97. The summed E-state index contributed by atoms with van der Waals surface area (Å²) in [7, 11) is 0. The van der Waals surface area contributed by atoms with Gasteiger partial charge in [-0.2, -0.15) is 0 Å². The number of carbonyl (C=O) groups excluding carboxylic acids is 2. The molecule has 0 spiro atoms. The molecule has 5 heteroatoms. The lowest BCUT2D eigenvalue weighted by Crippen LogP contribution is -2.11. The normalized spacial score (nSPS) is 10.1. The maximum atomic E-state index is 12.7. The zero-order valence-corrected chi connectivity index (χ0v) is 11.2. The molecule has 21 heavy (non-hydrogen) atoms. The molecule has 0 aromatic heterocycles. The Balaban J connectivity index is 1.86. The average molecular weight is 287 g/mol. The first-order valence-corrected chi connectivity index (χ1v) is 6.39. The Morgan fingerprint density at radius 2 is 1.76 bits per heavy atom. The van der Waals surface area contributed by atoms with Crippen LogP contribution in [0.4, 0.5) is 10.1 Å². The van der Waals surface area contributed by atoms with Gasteiger partial charge in [0.05, 0.1) is 6.42 Å². The maximum absolute atomic E-state index is 12.7. The predicted octanol–water partition coefficient (Wildman–Crippen LogP) is 2.98. The quantitative estimate of drug-likeness (QED) is 0.397. The maximum Gasteiger partial charge on any atom is 0.311 e. The molecule has 0 amide bonds. The number of hydrogen-bond acceptors (Lipinski definition) is 4. The molecule has 2 rings (SSSR count). The van der Waals surface area contributed by atoms with Crippen LogP contribution in [-0.2, 0) is 4.79 Å². The number of nitrogen functional groups attached to an aromatic ring is 1. The fraction of sp³-hybridized carbons (Fsp3) is 0.125. The fourth-order valence-corrected chi connectivity index (χ4v) is 1.76. The highest BCUT2D eigenvalue weighted by Gasteiger charge is 2.11. The van der Waals surface area contributed by atoms with E-state index in [0.29, 0.717) is 17.0 Å². The molecule has 0 bridgehead atoms. The summed E-state index contributed by atoms with van der Waals surface area (Å²) in [6.45, 7) is 0. The molecule has 108 valence electrons. The van der Waals surface area contributed by atoms with Crippen molar-refractivity contribution in [2.45, 2.75) is 12.8 Å². The lowest BCUT2D eigenvalue weighted by atomic mass is 10.1. The Bertz CT molecular complexity index is 653. The van der Waals surface area contributed by atoms with Crippen molar-refractivity contribution in [2.75, 3.05) is 5.73 Å². The Labute approximate surface area is 121 Å². The molecule has 2 N–H and O–H groups in total. The number of anilines is 1. The third-order valence-corrected chi connectivity index (χ3v) is 2.81. The number of ketones is 1. The van der Waals surface area contributed by atoms with E-state index in [4.69, 9.17) is 10.5 Å². The van der Waals surface area contributed by atoms with Gasteiger partial charge in [-0.3, -0.25) is 9.59 Å². The van der Waals surface area contributed by atoms with Crippen LogP contribution in [0.3, 0.4) is 0 Å². The van der Waals surface area contributed by atoms with Gasteiger partial charge in [-0.15, -0.1) is 0 Å². The van der Waals surface area contributed by atoms with Gasteiger partial charge in [-0.05, 0) is 36.4 Å². The van der Waals surface area contributed by atoms with Gasteiger partial charge in [0.1, 0.15) is 11.6 Å². The fourth-order valence-electron chi connectivity index (χ4n) is 1.76. The van der Waals surface area contributed by atoms with E-state index < -0.39 is 11.8 Å². The SMILES string of the molecule is Nc1cccc(OC(=O)CCC(=O)c2ccc(F)cc2)c1. The van der Waals surface area contributed by atoms with Crippen molar-refractivity contribution in [2.24, 2.45) is 0 Å². The lowest BCUT2D eigenvalue weighted by Gasteiger charge is -2.05. The largest absolute Gasteiger partial charge is 0.426 e. The Morgan fingerprint density at radius 1 is 1.05 bits per heavy atom. The second-order valence-corrected chi connectivity index (χ2v) is 4.48. The van der Waals surface area contributed by atoms with E-state index in [0.717, 1.165) is 0 Å². The van der Waals surface area contributed by atoms with E-state index in [1.165, 1.54) is 30.3 Å². The third kappa shape index (κ3) is 4.42. The van der Waals surface area contributed by atoms with Crippen LogP contribution in [0.25, 0.3) is 0 Å². The standard InChI is InChI=1S/C16H14FNO3/c17-12-6-4-11(5-7-12)15(19)8-9-16(20)21-14-3-1-2-13(18)10-14/h1-7,10H,8-9,18H2. The summed E-state index contributed by atoms with van der Waals surface area (Å²) in [5.74, 6) is -0.822. The number of benzene rings is 2. The number of hydrogen-bond donors (Lipinski definition) is 1. The molecule has 0 radical (unpaired) electrons. The molecular formula is C16H14FNO3. The summed E-state index contributed by atoms with van der Waals surface area (Å²) in [5, 5.41) is 0. The Morgan fingerprint density at radius 3 is 2.43 bits per heavy atom. The van der Waals surface area contributed by atoms with E-state index >= 15 is 0 Å². The number of halogens is 1. The topological polar surface area (TPSA) is 69.4 Å². The zero-order valence-electron chi connectivity index (χ0n) is 11.2. The second-order valence-electron chi connectivity index (χ2n) is 4.48. The van der Waals surface area contributed by atoms with Crippen molar-refractivity contribution in [3.63, 3.8) is 0 Å². The first kappa shape index (κ1) is 14.7. The molecule has 0 saturated heterocycles. The molecule has 0 aliphatic rings. The van der Waals surface area contributed by atoms with Crippen LogP contribution in [0.15, 0.2) is 48.5 Å². The van der Waals surface area contributed by atoms with E-state index in [-0.39, 0.29) is 18.6 Å². The van der Waals surface area contributed by atoms with Gasteiger partial charge >= 0.3 is 5.97 Å². The predicted molar refractivity (Wildman–Crippen MR) is 76.5 cm³/mol. The van der Waals surface area contributed by atoms with E-state index in [2.05, 4.69) is 0 Å². The Hall–Kier alpha value is -2.69. The molecule has 2 aromatic carbocycles. The molecule has 0 heterocycles. The minimum Gasteiger partial charge on any atom is -0.426 e. The van der Waals surface area contributed by atoms with Gasteiger partial charge in [0, 0.05) is 23.7 Å². The highest BCUT2D eigenvalue weighted by Crippen LogP contribution is 2.15. The minimum absolute atomic E-state index is 0.00673. The number of Topliss-reactive ketones (excluding diaryl/α,β-unsaturated/α-hetero) is 1. The minimum atomic E-state index is -0.518. The summed E-state index contributed by atoms with van der Waals surface area (Å²) >= 11 is 0. The average Bonchev–Trinajstić information content (AvgIpc) is 2.45. The van der Waals surface area contributed by atoms with Crippen LogP contribution in [0.1, 0.15) is 23.2 Å². The summed E-state index contributed by atoms with van der Waals surface area (Å²) in [6.07, 6.45) is -0.0439. The number of nitrogens with two attached hydrogens (primary N) is 1. The van der Waals surface area contributed by atoms with Crippen LogP contribution in [0, 0.1) is 5.82 Å². The molecule has 2 aromatic rings. The summed E-state index contributed by atoms with van der Waals surface area (Å²) in [4.78, 5) is 23.5. The molecule has 0 unspecified atom stereocenters. The second kappa shape index (κ2) is 6.65. The van der Waals surface area contributed by atoms with Crippen LogP contribution >= 0.6 is 0 Å². The van der Waals surface area contributed by atoms with Crippen molar-refractivity contribution in [3.8, 4) is 5.75 Å². The van der Waals surface area contributed by atoms with Crippen molar-refractivity contribution in [1.82, 2.24) is 0 Å². The lowest BCUT2D eigenvalue weighted by molar-refractivity contribution is -0.134. The smallest absolute Gasteiger partial charge is 0.311 e. The van der Waals surface area contributed by atoms with Gasteiger partial charge in [-0.25, -0.2) is 4.39 Å². The zero-order chi connectivity index (χ0) is 15.2. The molecule has 0 aliphatic carbocycles. The molecule has 0 aliphatic heterocycles. The molecule has 0 saturated carbocycles.